The maximum absolute atomic E-state index is 11.7. The molecule has 0 atom stereocenters. The summed E-state index contributed by atoms with van der Waals surface area (Å²) in [5.74, 6) is 0.629. The van der Waals surface area contributed by atoms with Crippen LogP contribution in [0, 0.1) is 6.92 Å². The number of ether oxygens (including phenoxy) is 1. The van der Waals surface area contributed by atoms with Gasteiger partial charge in [0.25, 0.3) is 0 Å². The Bertz CT molecular complexity index is 1450. The molecule has 0 aliphatic rings. The summed E-state index contributed by atoms with van der Waals surface area (Å²) in [7, 11) is 0. The predicted molar refractivity (Wildman–Crippen MR) is 124 cm³/mol. The topological polar surface area (TPSA) is 52.1 Å². The summed E-state index contributed by atoms with van der Waals surface area (Å²) in [6.07, 6.45) is 0. The van der Waals surface area contributed by atoms with E-state index in [9.17, 15) is 4.79 Å². The molecular formula is C27H20N2O2. The van der Waals surface area contributed by atoms with Crippen LogP contribution in [0.15, 0.2) is 84.9 Å². The maximum atomic E-state index is 11.7. The molecule has 0 fully saturated rings. The van der Waals surface area contributed by atoms with Gasteiger partial charge in [0.05, 0.1) is 16.8 Å². The Balaban J connectivity index is 1.84. The molecular weight excluding hydrogens is 384 g/mol. The summed E-state index contributed by atoms with van der Waals surface area (Å²) in [4.78, 5) is 21.5. The molecule has 150 valence electrons. The summed E-state index contributed by atoms with van der Waals surface area (Å²) in [6, 6.07) is 28.1. The minimum absolute atomic E-state index is 0.373. The molecule has 31 heavy (non-hydrogen) atoms. The predicted octanol–water partition coefficient (Wildman–Crippen LogP) is 6.35. The van der Waals surface area contributed by atoms with E-state index >= 15 is 0 Å². The molecule has 0 saturated carbocycles. The second-order valence-electron chi connectivity index (χ2n) is 7.48. The van der Waals surface area contributed by atoms with Gasteiger partial charge in [0.1, 0.15) is 5.75 Å². The molecule has 0 bridgehead atoms. The third kappa shape index (κ3) is 3.42. The van der Waals surface area contributed by atoms with Crippen LogP contribution in [0.25, 0.3) is 44.3 Å². The van der Waals surface area contributed by atoms with Crippen LogP contribution in [0.2, 0.25) is 0 Å². The molecule has 4 nitrogen and oxygen atoms in total. The van der Waals surface area contributed by atoms with Crippen molar-refractivity contribution in [3.8, 4) is 28.4 Å². The fourth-order valence-electron chi connectivity index (χ4n) is 3.99. The van der Waals surface area contributed by atoms with Crippen molar-refractivity contribution in [3.63, 3.8) is 0 Å². The molecule has 4 aromatic carbocycles. The Morgan fingerprint density at radius 1 is 0.774 bits per heavy atom. The average Bonchev–Trinajstić information content (AvgIpc) is 2.78. The normalized spacial score (nSPS) is 11.0. The monoisotopic (exact) mass is 404 g/mol. The first-order valence-electron chi connectivity index (χ1n) is 10.1. The quantitative estimate of drug-likeness (QED) is 0.260. The molecule has 0 spiro atoms. The highest BCUT2D eigenvalue weighted by molar-refractivity contribution is 6.03. The van der Waals surface area contributed by atoms with Crippen molar-refractivity contribution < 1.29 is 9.53 Å². The zero-order valence-corrected chi connectivity index (χ0v) is 17.3. The smallest absolute Gasteiger partial charge is 0.308 e. The Morgan fingerprint density at radius 3 is 2.32 bits per heavy atom. The van der Waals surface area contributed by atoms with Crippen molar-refractivity contribution >= 4 is 27.6 Å². The van der Waals surface area contributed by atoms with Gasteiger partial charge in [0.15, 0.2) is 5.82 Å². The van der Waals surface area contributed by atoms with Crippen molar-refractivity contribution in [2.24, 2.45) is 0 Å². The number of aromatic nitrogens is 2. The number of nitrogens with zero attached hydrogens (tertiary/aromatic N) is 2. The summed E-state index contributed by atoms with van der Waals surface area (Å²) in [6.45, 7) is 3.37. The fourth-order valence-corrected chi connectivity index (χ4v) is 3.99. The Labute approximate surface area is 180 Å². The number of rotatable bonds is 3. The largest absolute Gasteiger partial charge is 0.426 e. The van der Waals surface area contributed by atoms with Crippen LogP contribution in [0.5, 0.6) is 5.75 Å². The lowest BCUT2D eigenvalue weighted by molar-refractivity contribution is -0.131. The van der Waals surface area contributed by atoms with Gasteiger partial charge in [-0.1, -0.05) is 72.8 Å². The Hall–Kier alpha value is -4.05. The molecule has 0 unspecified atom stereocenters. The minimum atomic E-state index is -0.373. The SMILES string of the molecule is CC(=O)Oc1cccc(C)c1-c1nc(-c2cccc3ccccc23)c2ccccc2n1. The highest BCUT2D eigenvalue weighted by Crippen LogP contribution is 2.37. The van der Waals surface area contributed by atoms with E-state index in [1.807, 2.05) is 61.5 Å². The number of aryl methyl sites for hydroxylation is 1. The van der Waals surface area contributed by atoms with Crippen molar-refractivity contribution in [1.29, 1.82) is 0 Å². The standard InChI is InChI=1S/C27H20N2O2/c1-17-9-7-16-24(31-18(2)30)25(17)27-28-23-15-6-5-13-22(23)26(29-27)21-14-8-11-19-10-3-4-12-20(19)21/h3-16H,1-2H3. The van der Waals surface area contributed by atoms with Crippen LogP contribution in [0.1, 0.15) is 12.5 Å². The van der Waals surface area contributed by atoms with Gasteiger partial charge < -0.3 is 4.74 Å². The average molecular weight is 404 g/mol. The van der Waals surface area contributed by atoms with Gasteiger partial charge in [-0.2, -0.15) is 0 Å². The van der Waals surface area contributed by atoms with Crippen LogP contribution < -0.4 is 4.74 Å². The van der Waals surface area contributed by atoms with Gasteiger partial charge in [-0.15, -0.1) is 0 Å². The molecule has 0 radical (unpaired) electrons. The third-order valence-corrected chi connectivity index (χ3v) is 5.36. The first-order valence-corrected chi connectivity index (χ1v) is 10.1. The van der Waals surface area contributed by atoms with Gasteiger partial charge in [0, 0.05) is 17.9 Å². The summed E-state index contributed by atoms with van der Waals surface area (Å²) in [5.41, 5.74) is 4.41. The fraction of sp³-hybridized carbons (Fsp3) is 0.0741. The van der Waals surface area contributed by atoms with E-state index in [1.165, 1.54) is 6.92 Å². The maximum Gasteiger partial charge on any atom is 0.308 e. The van der Waals surface area contributed by atoms with E-state index in [4.69, 9.17) is 14.7 Å². The first kappa shape index (κ1) is 18.9. The molecule has 5 aromatic rings. The lowest BCUT2D eigenvalue weighted by atomic mass is 9.98. The third-order valence-electron chi connectivity index (χ3n) is 5.36. The Kier molecular flexibility index (Phi) is 4.68. The second-order valence-corrected chi connectivity index (χ2v) is 7.48. The van der Waals surface area contributed by atoms with Crippen molar-refractivity contribution in [2.45, 2.75) is 13.8 Å². The highest BCUT2D eigenvalue weighted by atomic mass is 16.5. The number of hydrogen-bond donors (Lipinski definition) is 0. The van der Waals surface area contributed by atoms with Gasteiger partial charge >= 0.3 is 5.97 Å². The van der Waals surface area contributed by atoms with Crippen molar-refractivity contribution in [2.75, 3.05) is 0 Å². The van der Waals surface area contributed by atoms with Crippen LogP contribution >= 0.6 is 0 Å². The molecule has 0 amide bonds. The number of benzene rings is 4. The number of fused-ring (bicyclic) bond motifs is 2. The second kappa shape index (κ2) is 7.65. The molecule has 0 saturated heterocycles. The van der Waals surface area contributed by atoms with Crippen molar-refractivity contribution in [3.05, 3.63) is 90.5 Å². The number of carbonyl (C=O) groups excluding carboxylic acids is 1. The molecule has 0 N–H and O–H groups in total. The summed E-state index contributed by atoms with van der Waals surface area (Å²) in [5, 5.41) is 3.26. The van der Waals surface area contributed by atoms with Gasteiger partial charge in [-0.3, -0.25) is 4.79 Å². The number of esters is 1. The molecule has 5 rings (SSSR count). The van der Waals surface area contributed by atoms with E-state index in [1.54, 1.807) is 6.07 Å². The van der Waals surface area contributed by atoms with E-state index in [0.29, 0.717) is 11.6 Å². The molecule has 4 heteroatoms. The molecule has 0 aliphatic carbocycles. The van der Waals surface area contributed by atoms with Gasteiger partial charge in [-0.25, -0.2) is 9.97 Å². The lowest BCUT2D eigenvalue weighted by Gasteiger charge is -2.14. The van der Waals surface area contributed by atoms with E-state index in [-0.39, 0.29) is 5.97 Å². The van der Waals surface area contributed by atoms with Crippen LogP contribution in [0.3, 0.4) is 0 Å². The van der Waals surface area contributed by atoms with E-state index < -0.39 is 0 Å². The van der Waals surface area contributed by atoms with E-state index in [2.05, 4.69) is 24.3 Å². The van der Waals surface area contributed by atoms with Crippen LogP contribution in [0.4, 0.5) is 0 Å². The van der Waals surface area contributed by atoms with E-state index in [0.717, 1.165) is 44.1 Å². The van der Waals surface area contributed by atoms with Crippen LogP contribution in [-0.2, 0) is 4.79 Å². The first-order chi connectivity index (χ1) is 15.1. The zero-order chi connectivity index (χ0) is 21.4. The van der Waals surface area contributed by atoms with Gasteiger partial charge in [0.2, 0.25) is 0 Å². The van der Waals surface area contributed by atoms with Gasteiger partial charge in [-0.05, 0) is 35.4 Å². The molecule has 0 aliphatic heterocycles. The molecule has 1 aromatic heterocycles. The summed E-state index contributed by atoms with van der Waals surface area (Å²) < 4.78 is 5.49. The zero-order valence-electron chi connectivity index (χ0n) is 17.3. The molecule has 1 heterocycles. The Morgan fingerprint density at radius 2 is 1.48 bits per heavy atom. The number of para-hydroxylation sites is 1. The van der Waals surface area contributed by atoms with Crippen molar-refractivity contribution in [1.82, 2.24) is 9.97 Å². The summed E-state index contributed by atoms with van der Waals surface area (Å²) >= 11 is 0. The van der Waals surface area contributed by atoms with Crippen LogP contribution in [-0.4, -0.2) is 15.9 Å². The highest BCUT2D eigenvalue weighted by Gasteiger charge is 2.18. The number of carbonyl (C=O) groups is 1. The lowest BCUT2D eigenvalue weighted by Crippen LogP contribution is -2.05. The minimum Gasteiger partial charge on any atom is -0.426 e. The number of hydrogen-bond acceptors (Lipinski definition) is 4.